The van der Waals surface area contributed by atoms with Crippen molar-refractivity contribution in [2.24, 2.45) is 5.92 Å². The maximum Gasteiger partial charge on any atom is 0.416 e. The maximum atomic E-state index is 12.2. The van der Waals surface area contributed by atoms with Crippen LogP contribution in [-0.4, -0.2) is 51.7 Å². The van der Waals surface area contributed by atoms with Crippen molar-refractivity contribution in [2.45, 2.75) is 32.7 Å². The fourth-order valence-electron chi connectivity index (χ4n) is 1.57. The van der Waals surface area contributed by atoms with Gasteiger partial charge in [0.05, 0.1) is 18.4 Å². The van der Waals surface area contributed by atoms with E-state index in [0.717, 1.165) is 4.90 Å². The van der Waals surface area contributed by atoms with Crippen LogP contribution >= 0.6 is 0 Å². The molecule has 0 aliphatic carbocycles. The number of anilines is 1. The van der Waals surface area contributed by atoms with Crippen molar-refractivity contribution in [3.8, 4) is 0 Å². The Kier molecular flexibility index (Phi) is 5.59. The Morgan fingerprint density at radius 1 is 1.52 bits per heavy atom. The molecule has 1 aromatic rings. The molecule has 1 aromatic heterocycles. The van der Waals surface area contributed by atoms with Crippen molar-refractivity contribution in [3.05, 3.63) is 12.4 Å². The van der Waals surface area contributed by atoms with Crippen molar-refractivity contribution in [1.82, 2.24) is 14.7 Å². The summed E-state index contributed by atoms with van der Waals surface area (Å²) in [6, 6.07) is -0.748. The molecular formula is C12H19F3N4O2. The van der Waals surface area contributed by atoms with E-state index in [4.69, 9.17) is 5.11 Å². The summed E-state index contributed by atoms with van der Waals surface area (Å²) < 4.78 is 38.2. The van der Waals surface area contributed by atoms with Crippen molar-refractivity contribution < 1.29 is 23.1 Å². The fraction of sp³-hybridized carbons (Fsp3) is 0.667. The highest BCUT2D eigenvalue weighted by Gasteiger charge is 2.39. The van der Waals surface area contributed by atoms with Gasteiger partial charge < -0.3 is 15.3 Å². The second-order valence-electron chi connectivity index (χ2n) is 5.21. The molecule has 0 aliphatic rings. The molecule has 1 rings (SSSR count). The lowest BCUT2D eigenvalue weighted by atomic mass is 10.2. The normalized spacial score (nSPS) is 13.3. The van der Waals surface area contributed by atoms with E-state index >= 15 is 0 Å². The molecule has 0 bridgehead atoms. The van der Waals surface area contributed by atoms with Crippen LogP contribution in [0.2, 0.25) is 0 Å². The number of carbonyl (C=O) groups excluding carboxylic acids is 1. The third-order valence-electron chi connectivity index (χ3n) is 2.61. The minimum absolute atomic E-state index is 0.373. The molecule has 1 unspecified atom stereocenters. The number of nitrogens with one attached hydrogen (secondary N) is 1. The van der Waals surface area contributed by atoms with E-state index in [1.165, 1.54) is 13.2 Å². The van der Waals surface area contributed by atoms with E-state index in [2.05, 4.69) is 10.4 Å². The van der Waals surface area contributed by atoms with Crippen LogP contribution in [0, 0.1) is 5.92 Å². The Morgan fingerprint density at radius 3 is 2.67 bits per heavy atom. The summed E-state index contributed by atoms with van der Waals surface area (Å²) in [6.45, 7) is 3.84. The number of amides is 2. The Morgan fingerprint density at radius 2 is 2.14 bits per heavy atom. The first-order chi connectivity index (χ1) is 9.59. The highest BCUT2D eigenvalue weighted by atomic mass is 19.4. The van der Waals surface area contributed by atoms with Crippen LogP contribution in [0.3, 0.4) is 0 Å². The minimum Gasteiger partial charge on any atom is -0.382 e. The van der Waals surface area contributed by atoms with Gasteiger partial charge in [-0.05, 0) is 5.92 Å². The van der Waals surface area contributed by atoms with Gasteiger partial charge in [-0.25, -0.2) is 4.79 Å². The first-order valence-corrected chi connectivity index (χ1v) is 6.39. The third kappa shape index (κ3) is 5.62. The molecule has 21 heavy (non-hydrogen) atoms. The smallest absolute Gasteiger partial charge is 0.382 e. The van der Waals surface area contributed by atoms with Crippen LogP contribution in [0.1, 0.15) is 13.8 Å². The zero-order valence-corrected chi connectivity index (χ0v) is 12.1. The van der Waals surface area contributed by atoms with E-state index in [1.807, 2.05) is 13.8 Å². The summed E-state index contributed by atoms with van der Waals surface area (Å²) >= 11 is 0. The van der Waals surface area contributed by atoms with Crippen LogP contribution in [-0.2, 0) is 6.54 Å². The van der Waals surface area contributed by atoms with Gasteiger partial charge >= 0.3 is 12.2 Å². The van der Waals surface area contributed by atoms with Crippen molar-refractivity contribution in [1.29, 1.82) is 0 Å². The molecule has 9 heteroatoms. The molecule has 0 aromatic carbocycles. The number of urea groups is 1. The van der Waals surface area contributed by atoms with E-state index in [0.29, 0.717) is 18.2 Å². The molecule has 6 nitrogen and oxygen atoms in total. The van der Waals surface area contributed by atoms with Crippen LogP contribution in [0.15, 0.2) is 12.4 Å². The van der Waals surface area contributed by atoms with E-state index in [-0.39, 0.29) is 0 Å². The number of aliphatic hydroxyl groups excluding tert-OH is 1. The topological polar surface area (TPSA) is 70.4 Å². The Balaban J connectivity index is 2.54. The number of aliphatic hydroxyl groups is 1. The third-order valence-corrected chi connectivity index (χ3v) is 2.61. The number of alkyl halides is 3. The van der Waals surface area contributed by atoms with Crippen LogP contribution < -0.4 is 5.32 Å². The van der Waals surface area contributed by atoms with Crippen LogP contribution in [0.5, 0.6) is 0 Å². The summed E-state index contributed by atoms with van der Waals surface area (Å²) in [5, 5.41) is 15.4. The first-order valence-electron chi connectivity index (χ1n) is 6.39. The zero-order valence-electron chi connectivity index (χ0n) is 12.1. The van der Waals surface area contributed by atoms with Gasteiger partial charge in [-0.15, -0.1) is 0 Å². The SMILES string of the molecule is CC(C)Cn1cc(NC(=O)N(C)CC(O)C(F)(F)F)cn1. The number of carbonyl (C=O) groups is 1. The lowest BCUT2D eigenvalue weighted by Crippen LogP contribution is -2.43. The van der Waals surface area contributed by atoms with Gasteiger partial charge in [0.15, 0.2) is 6.10 Å². The number of hydrogen-bond donors (Lipinski definition) is 2. The predicted molar refractivity (Wildman–Crippen MR) is 70.8 cm³/mol. The average Bonchev–Trinajstić information content (AvgIpc) is 2.73. The molecule has 0 saturated carbocycles. The summed E-state index contributed by atoms with van der Waals surface area (Å²) in [4.78, 5) is 12.5. The second-order valence-corrected chi connectivity index (χ2v) is 5.21. The monoisotopic (exact) mass is 308 g/mol. The fourth-order valence-corrected chi connectivity index (χ4v) is 1.57. The highest BCUT2D eigenvalue weighted by molar-refractivity contribution is 5.88. The van der Waals surface area contributed by atoms with Gasteiger partial charge in [-0.2, -0.15) is 18.3 Å². The molecular weight excluding hydrogens is 289 g/mol. The summed E-state index contributed by atoms with van der Waals surface area (Å²) in [7, 11) is 1.17. The average molecular weight is 308 g/mol. The largest absolute Gasteiger partial charge is 0.416 e. The quantitative estimate of drug-likeness (QED) is 0.873. The lowest BCUT2D eigenvalue weighted by Gasteiger charge is -2.22. The number of aromatic nitrogens is 2. The van der Waals surface area contributed by atoms with Crippen LogP contribution in [0.25, 0.3) is 0 Å². The van der Waals surface area contributed by atoms with Crippen LogP contribution in [0.4, 0.5) is 23.7 Å². The molecule has 0 radical (unpaired) electrons. The molecule has 1 heterocycles. The van der Waals surface area contributed by atoms with Crippen molar-refractivity contribution in [3.63, 3.8) is 0 Å². The van der Waals surface area contributed by atoms with E-state index in [1.54, 1.807) is 10.9 Å². The summed E-state index contributed by atoms with van der Waals surface area (Å²) in [5.74, 6) is 0.373. The number of rotatable bonds is 5. The number of hydrogen-bond acceptors (Lipinski definition) is 3. The molecule has 0 aliphatic heterocycles. The Labute approximate surface area is 120 Å². The van der Waals surface area contributed by atoms with E-state index < -0.39 is 24.9 Å². The predicted octanol–water partition coefficient (Wildman–Crippen LogP) is 1.93. The molecule has 1 atom stereocenters. The number of nitrogens with zero attached hydrogens (tertiary/aromatic N) is 3. The Bertz CT molecular complexity index is 473. The van der Waals surface area contributed by atoms with Gasteiger partial charge in [0.2, 0.25) is 0 Å². The van der Waals surface area contributed by atoms with Gasteiger partial charge in [0, 0.05) is 19.8 Å². The second kappa shape index (κ2) is 6.79. The Hall–Kier alpha value is -1.77. The van der Waals surface area contributed by atoms with Gasteiger partial charge in [-0.3, -0.25) is 4.68 Å². The first kappa shape index (κ1) is 17.3. The van der Waals surface area contributed by atoms with E-state index in [9.17, 15) is 18.0 Å². The van der Waals surface area contributed by atoms with Gasteiger partial charge in [0.25, 0.3) is 0 Å². The van der Waals surface area contributed by atoms with Gasteiger partial charge in [0.1, 0.15) is 0 Å². The molecule has 0 fully saturated rings. The molecule has 2 amide bonds. The summed E-state index contributed by atoms with van der Waals surface area (Å²) in [6.07, 6.45) is -4.33. The maximum absolute atomic E-state index is 12.2. The number of likely N-dealkylation sites (N-methyl/N-ethyl adjacent to an activating group) is 1. The molecule has 120 valence electrons. The van der Waals surface area contributed by atoms with Crippen molar-refractivity contribution in [2.75, 3.05) is 18.9 Å². The summed E-state index contributed by atoms with van der Waals surface area (Å²) in [5.41, 5.74) is 0.383. The number of halogens is 3. The molecule has 0 spiro atoms. The zero-order chi connectivity index (χ0) is 16.2. The van der Waals surface area contributed by atoms with Gasteiger partial charge in [-0.1, -0.05) is 13.8 Å². The lowest BCUT2D eigenvalue weighted by molar-refractivity contribution is -0.205. The highest BCUT2D eigenvalue weighted by Crippen LogP contribution is 2.20. The molecule has 2 N–H and O–H groups in total. The van der Waals surface area contributed by atoms with Crippen molar-refractivity contribution >= 4 is 11.7 Å². The minimum atomic E-state index is -4.75. The molecule has 0 saturated heterocycles. The standard InChI is InChI=1S/C12H19F3N4O2/c1-8(2)5-19-6-9(4-16-19)17-11(21)18(3)7-10(20)12(13,14)15/h4,6,8,10,20H,5,7H2,1-3H3,(H,17,21).